The number of rotatable bonds is 18. The molecule has 2 aliphatic heterocycles. The van der Waals surface area contributed by atoms with Crippen molar-refractivity contribution in [2.45, 2.75) is 77.0 Å². The average molecular weight is 965 g/mol. The summed E-state index contributed by atoms with van der Waals surface area (Å²) >= 11 is 0. The molecule has 2 aliphatic rings. The lowest BCUT2D eigenvalue weighted by Crippen LogP contribution is -2.27. The molecule has 0 saturated heterocycles. The van der Waals surface area contributed by atoms with Crippen molar-refractivity contribution in [3.8, 4) is 0 Å². The molecule has 346 valence electrons. The van der Waals surface area contributed by atoms with E-state index in [-0.39, 0.29) is 25.7 Å². The van der Waals surface area contributed by atoms with Gasteiger partial charge in [0, 0.05) is 59.1 Å². The summed E-state index contributed by atoms with van der Waals surface area (Å²) in [6.45, 7) is 14.8. The number of allylic oxidation sites excluding steroid dienone is 4. The topological polar surface area (TPSA) is 346 Å². The first kappa shape index (κ1) is 50.6. The van der Waals surface area contributed by atoms with Gasteiger partial charge in [-0.3, -0.25) is 27.8 Å². The summed E-state index contributed by atoms with van der Waals surface area (Å²) in [4.78, 5) is 119. The predicted octanol–water partition coefficient (Wildman–Crippen LogP) is 6.02. The maximum atomic E-state index is 13.1. The highest BCUT2D eigenvalue weighted by atomic mass is 31.2. The molecule has 3 aromatic heterocycles. The zero-order chi connectivity index (χ0) is 47.7. The standard InChI is InChI=1S/C40H52N6O14P4/c1-7-25-21(3)29-17-30-23(5)27(9-11-37(47)41-15-13-39(61(49,50)51)62(52,53)54)35(45-30)20-36-28(10-12-38(48)42-16-14-40(63(55,56)57)64(58,59)60)24(6)32(46-36)19-34-26(8-2)22(4)31(44-34)18-33(25)43-29/h7-8,17-20,39-40,43-44H,1-2,9-16H2,3-6H3,(H,41,47)(H,42,48)(H2,49,50,51)(H2,52,53,54)(H2,55,56,57)(H2,58,59,60). The van der Waals surface area contributed by atoms with Crippen LogP contribution in [0.1, 0.15) is 97.4 Å². The molecule has 0 aromatic carbocycles. The Hall–Kier alpha value is -4.38. The zero-order valence-corrected chi connectivity index (χ0v) is 39.0. The second-order valence-corrected chi connectivity index (χ2v) is 23.6. The predicted molar refractivity (Wildman–Crippen MR) is 245 cm³/mol. The minimum atomic E-state index is -5.19. The molecule has 24 heteroatoms. The first-order valence-electron chi connectivity index (χ1n) is 19.8. The minimum Gasteiger partial charge on any atom is -0.356 e. The van der Waals surface area contributed by atoms with Gasteiger partial charge >= 0.3 is 30.4 Å². The molecule has 5 rings (SSSR count). The molecule has 64 heavy (non-hydrogen) atoms. The fraction of sp³-hybridized carbons (Fsp3) is 0.350. The summed E-state index contributed by atoms with van der Waals surface area (Å²) in [5.41, 5.74) is 11.2. The maximum Gasteiger partial charge on any atom is 0.340 e. The Morgan fingerprint density at radius 1 is 0.578 bits per heavy atom. The van der Waals surface area contributed by atoms with Crippen LogP contribution in [0.2, 0.25) is 0 Å². The number of aryl methyl sites for hydroxylation is 2. The third-order valence-electron chi connectivity index (χ3n) is 11.2. The number of fused-ring (bicyclic) bond motifs is 8. The van der Waals surface area contributed by atoms with Gasteiger partial charge in [0.2, 0.25) is 11.8 Å². The maximum absolute atomic E-state index is 13.1. The summed E-state index contributed by atoms with van der Waals surface area (Å²) in [6, 6.07) is 7.41. The van der Waals surface area contributed by atoms with E-state index in [0.717, 1.165) is 38.8 Å². The average Bonchev–Trinajstić information content (AvgIpc) is 3.83. The SMILES string of the molecule is C=Cc1c(C)c2cc3[nH]c(cc4nc(cc5nc(cc1[nH]2)C(C)=C5CCC(=O)NCCC(P(=O)(O)O)P(=O)(O)O)C(CCC(=O)NCCC(P(=O)(O)O)P(=O)(O)O)=C4C)c(C)c3C=C. The van der Waals surface area contributed by atoms with Crippen molar-refractivity contribution in [1.29, 1.82) is 0 Å². The number of aromatic amines is 2. The fourth-order valence-corrected chi connectivity index (χ4v) is 12.7. The van der Waals surface area contributed by atoms with E-state index in [9.17, 15) is 67.0 Å². The number of nitrogens with one attached hydrogen (secondary N) is 4. The van der Waals surface area contributed by atoms with E-state index in [4.69, 9.17) is 9.97 Å². The Balaban J connectivity index is 1.59. The van der Waals surface area contributed by atoms with Gasteiger partial charge in [-0.2, -0.15) is 0 Å². The lowest BCUT2D eigenvalue weighted by Gasteiger charge is -2.19. The van der Waals surface area contributed by atoms with E-state index < -0.39 is 78.9 Å². The van der Waals surface area contributed by atoms with E-state index in [1.807, 2.05) is 45.9 Å². The molecular weight excluding hydrogens is 912 g/mol. The van der Waals surface area contributed by atoms with Gasteiger partial charge in [-0.25, -0.2) is 9.97 Å². The summed E-state index contributed by atoms with van der Waals surface area (Å²) < 4.78 is 47.0. The highest BCUT2D eigenvalue weighted by Crippen LogP contribution is 2.62. The number of nitrogens with zero attached hydrogens (tertiary/aromatic N) is 2. The lowest BCUT2D eigenvalue weighted by molar-refractivity contribution is -0.121. The molecule has 0 radical (unpaired) electrons. The van der Waals surface area contributed by atoms with E-state index in [1.54, 1.807) is 18.2 Å². The molecule has 0 saturated carbocycles. The van der Waals surface area contributed by atoms with Crippen molar-refractivity contribution in [2.24, 2.45) is 0 Å². The molecule has 20 nitrogen and oxygen atoms in total. The molecule has 3 aromatic rings. The number of hydrogen-bond donors (Lipinski definition) is 12. The molecular formula is C40H52N6O14P4. The van der Waals surface area contributed by atoms with Crippen molar-refractivity contribution in [1.82, 2.24) is 30.6 Å². The largest absolute Gasteiger partial charge is 0.356 e. The molecule has 0 aliphatic carbocycles. The van der Waals surface area contributed by atoms with Crippen LogP contribution in [0.5, 0.6) is 0 Å². The van der Waals surface area contributed by atoms with Crippen molar-refractivity contribution >= 4 is 98.7 Å². The van der Waals surface area contributed by atoms with Crippen LogP contribution in [-0.2, 0) is 27.8 Å². The Morgan fingerprint density at radius 3 is 1.28 bits per heavy atom. The molecule has 0 fully saturated rings. The first-order chi connectivity index (χ1) is 29.6. The van der Waals surface area contributed by atoms with Crippen molar-refractivity contribution < 1.29 is 67.0 Å². The first-order valence-corrected chi connectivity index (χ1v) is 26.5. The third-order valence-corrected chi connectivity index (χ3v) is 19.0. The Morgan fingerprint density at radius 2 is 0.922 bits per heavy atom. The van der Waals surface area contributed by atoms with Crippen molar-refractivity contribution in [3.63, 3.8) is 0 Å². The Kier molecular flexibility index (Phi) is 15.5. The van der Waals surface area contributed by atoms with Crippen LogP contribution >= 0.6 is 30.4 Å². The second-order valence-electron chi connectivity index (χ2n) is 15.5. The number of carbonyl (C=O) groups is 2. The van der Waals surface area contributed by atoms with Crippen molar-refractivity contribution in [2.75, 3.05) is 13.1 Å². The summed E-state index contributed by atoms with van der Waals surface area (Å²) in [6.07, 6.45) is 2.07. The summed E-state index contributed by atoms with van der Waals surface area (Å²) in [5.74, 6) is -1.11. The highest BCUT2D eigenvalue weighted by Gasteiger charge is 2.43. The number of carbonyl (C=O) groups excluding carboxylic acids is 2. The van der Waals surface area contributed by atoms with E-state index in [1.165, 1.54) is 0 Å². The smallest absolute Gasteiger partial charge is 0.340 e. The van der Waals surface area contributed by atoms with Crippen LogP contribution in [0.4, 0.5) is 0 Å². The number of amides is 2. The number of H-pyrrole nitrogens is 2. The molecule has 8 bridgehead atoms. The molecule has 2 amide bonds. The van der Waals surface area contributed by atoms with Crippen LogP contribution in [0.25, 0.3) is 56.5 Å². The number of aromatic nitrogens is 4. The van der Waals surface area contributed by atoms with Gasteiger partial charge < -0.3 is 59.7 Å². The van der Waals surface area contributed by atoms with Gasteiger partial charge in [-0.1, -0.05) is 25.3 Å². The van der Waals surface area contributed by atoms with E-state index in [2.05, 4.69) is 33.8 Å². The third kappa shape index (κ3) is 11.7. The number of hydrogen-bond acceptors (Lipinski definition) is 8. The van der Waals surface area contributed by atoms with Gasteiger partial charge in [-0.15, -0.1) is 0 Å². The zero-order valence-electron chi connectivity index (χ0n) is 35.4. The minimum absolute atomic E-state index is 0.108. The van der Waals surface area contributed by atoms with Gasteiger partial charge in [0.1, 0.15) is 0 Å². The van der Waals surface area contributed by atoms with Gasteiger partial charge in [0.25, 0.3) is 0 Å². The monoisotopic (exact) mass is 964 g/mol. The fourth-order valence-electron chi connectivity index (χ4n) is 7.70. The summed E-state index contributed by atoms with van der Waals surface area (Å²) in [7, 11) is -20.7. The van der Waals surface area contributed by atoms with Crippen LogP contribution in [0, 0.1) is 13.8 Å². The van der Waals surface area contributed by atoms with Crippen LogP contribution in [-0.4, -0.2) is 94.8 Å². The quantitative estimate of drug-likeness (QED) is 0.0649. The molecule has 0 unspecified atom stereocenters. The van der Waals surface area contributed by atoms with E-state index in [0.29, 0.717) is 50.6 Å². The molecule has 12 N–H and O–H groups in total. The van der Waals surface area contributed by atoms with Crippen LogP contribution < -0.4 is 10.6 Å². The summed E-state index contributed by atoms with van der Waals surface area (Å²) in [5, 5.41) is 0.421. The highest BCUT2D eigenvalue weighted by molar-refractivity contribution is 7.71. The molecule has 0 atom stereocenters. The Bertz CT molecular complexity index is 2800. The lowest BCUT2D eigenvalue weighted by atomic mass is 9.98. The molecule has 0 spiro atoms. The van der Waals surface area contributed by atoms with Crippen molar-refractivity contribution in [3.05, 3.63) is 82.5 Å². The van der Waals surface area contributed by atoms with Gasteiger partial charge in [0.15, 0.2) is 10.8 Å². The molecule has 5 heterocycles. The van der Waals surface area contributed by atoms with Crippen LogP contribution in [0.3, 0.4) is 0 Å². The van der Waals surface area contributed by atoms with Crippen LogP contribution in [0.15, 0.2) is 37.4 Å². The second kappa shape index (κ2) is 19.6. The van der Waals surface area contributed by atoms with Gasteiger partial charge in [0.05, 0.1) is 22.8 Å². The van der Waals surface area contributed by atoms with Gasteiger partial charge in [-0.05, 0) is 111 Å². The normalized spacial score (nSPS) is 13.8. The van der Waals surface area contributed by atoms with E-state index >= 15 is 0 Å². The Labute approximate surface area is 367 Å².